The van der Waals surface area contributed by atoms with Crippen molar-refractivity contribution in [2.24, 2.45) is 0 Å². The highest BCUT2D eigenvalue weighted by Gasteiger charge is 2.20. The van der Waals surface area contributed by atoms with Crippen LogP contribution in [0.2, 0.25) is 0 Å². The molecule has 7 nitrogen and oxygen atoms in total. The number of carbonyl (C=O) groups excluding carboxylic acids is 2. The normalized spacial score (nSPS) is 9.97. The van der Waals surface area contributed by atoms with Gasteiger partial charge in [-0.25, -0.2) is 9.18 Å². The van der Waals surface area contributed by atoms with Gasteiger partial charge < -0.3 is 19.1 Å². The fourth-order valence-electron chi connectivity index (χ4n) is 2.45. The molecule has 152 valence electrons. The first-order valence-electron chi connectivity index (χ1n) is 8.99. The molecule has 29 heavy (non-hydrogen) atoms. The molecule has 0 N–H and O–H groups in total. The van der Waals surface area contributed by atoms with Gasteiger partial charge in [-0.15, -0.1) is 0 Å². The van der Waals surface area contributed by atoms with E-state index in [-0.39, 0.29) is 18.7 Å². The zero-order valence-corrected chi connectivity index (χ0v) is 16.0. The van der Waals surface area contributed by atoms with E-state index in [0.717, 1.165) is 4.90 Å². The number of nitriles is 1. The zero-order valence-electron chi connectivity index (χ0n) is 16.0. The van der Waals surface area contributed by atoms with Crippen LogP contribution in [0.25, 0.3) is 0 Å². The molecule has 2 aromatic rings. The lowest BCUT2D eigenvalue weighted by atomic mass is 10.2. The van der Waals surface area contributed by atoms with Crippen LogP contribution in [0, 0.1) is 17.1 Å². The number of benzene rings is 2. The number of ether oxygens (including phenoxy) is 3. The maximum absolute atomic E-state index is 14.0. The molecule has 0 aliphatic rings. The van der Waals surface area contributed by atoms with E-state index >= 15 is 0 Å². The fraction of sp³-hybridized carbons (Fsp3) is 0.286. The molecule has 0 spiro atoms. The highest BCUT2D eigenvalue weighted by Crippen LogP contribution is 2.26. The first kappa shape index (κ1) is 21.7. The van der Waals surface area contributed by atoms with Crippen molar-refractivity contribution in [2.75, 3.05) is 31.3 Å². The Morgan fingerprint density at radius 1 is 1.03 bits per heavy atom. The summed E-state index contributed by atoms with van der Waals surface area (Å²) in [5, 5.41) is 8.78. The molecule has 2 aromatic carbocycles. The third-order valence-electron chi connectivity index (χ3n) is 3.74. The second-order valence-corrected chi connectivity index (χ2v) is 5.73. The van der Waals surface area contributed by atoms with Crippen molar-refractivity contribution < 1.29 is 28.2 Å². The van der Waals surface area contributed by atoms with Gasteiger partial charge in [-0.3, -0.25) is 4.79 Å². The second kappa shape index (κ2) is 11.3. The maximum Gasteiger partial charge on any atom is 0.344 e. The highest BCUT2D eigenvalue weighted by atomic mass is 19.1. The Morgan fingerprint density at radius 2 is 1.69 bits per heavy atom. The van der Waals surface area contributed by atoms with E-state index in [1.165, 1.54) is 18.2 Å². The van der Waals surface area contributed by atoms with Crippen LogP contribution >= 0.6 is 0 Å². The molecule has 0 bridgehead atoms. The Kier molecular flexibility index (Phi) is 8.45. The number of rotatable bonds is 10. The minimum Gasteiger partial charge on any atom is -0.490 e. The average molecular weight is 400 g/mol. The summed E-state index contributed by atoms with van der Waals surface area (Å²) in [6.07, 6.45) is 0.00530. The summed E-state index contributed by atoms with van der Waals surface area (Å²) in [6, 6.07) is 14.4. The minimum atomic E-state index is -0.765. The molecule has 0 saturated carbocycles. The molecule has 0 heterocycles. The predicted octanol–water partition coefficient (Wildman–Crippen LogP) is 3.09. The topological polar surface area (TPSA) is 88.9 Å². The maximum atomic E-state index is 14.0. The largest absolute Gasteiger partial charge is 0.490 e. The van der Waals surface area contributed by atoms with Gasteiger partial charge >= 0.3 is 5.97 Å². The lowest BCUT2D eigenvalue weighted by Gasteiger charge is -2.22. The van der Waals surface area contributed by atoms with Crippen molar-refractivity contribution in [1.82, 2.24) is 0 Å². The van der Waals surface area contributed by atoms with Gasteiger partial charge in [0.25, 0.3) is 5.91 Å². The molecule has 1 amide bonds. The molecule has 0 aliphatic carbocycles. The molecular weight excluding hydrogens is 379 g/mol. The van der Waals surface area contributed by atoms with Crippen LogP contribution < -0.4 is 14.4 Å². The van der Waals surface area contributed by atoms with E-state index < -0.39 is 30.9 Å². The van der Waals surface area contributed by atoms with Crippen molar-refractivity contribution >= 4 is 17.6 Å². The Balaban J connectivity index is 1.93. The Morgan fingerprint density at radius 3 is 2.34 bits per heavy atom. The van der Waals surface area contributed by atoms with Crippen LogP contribution in [0.15, 0.2) is 48.5 Å². The second-order valence-electron chi connectivity index (χ2n) is 5.73. The minimum absolute atomic E-state index is 0.00530. The van der Waals surface area contributed by atoms with Gasteiger partial charge in [0.05, 0.1) is 24.8 Å². The van der Waals surface area contributed by atoms with E-state index in [1.54, 1.807) is 30.3 Å². The van der Waals surface area contributed by atoms with Crippen molar-refractivity contribution in [3.63, 3.8) is 0 Å². The molecule has 0 aliphatic heterocycles. The van der Waals surface area contributed by atoms with Crippen molar-refractivity contribution in [3.05, 3.63) is 54.3 Å². The van der Waals surface area contributed by atoms with Crippen LogP contribution in [0.5, 0.6) is 11.5 Å². The molecule has 0 radical (unpaired) electrons. The van der Waals surface area contributed by atoms with E-state index in [0.29, 0.717) is 18.1 Å². The molecule has 8 heteroatoms. The van der Waals surface area contributed by atoms with Gasteiger partial charge in [-0.1, -0.05) is 24.3 Å². The number of amides is 1. The Labute approximate surface area is 168 Å². The van der Waals surface area contributed by atoms with E-state index in [9.17, 15) is 14.0 Å². The number of esters is 1. The summed E-state index contributed by atoms with van der Waals surface area (Å²) in [4.78, 5) is 25.5. The molecule has 0 unspecified atom stereocenters. The molecule has 0 aromatic heterocycles. The third-order valence-corrected chi connectivity index (χ3v) is 3.74. The summed E-state index contributed by atoms with van der Waals surface area (Å²) >= 11 is 0. The quantitative estimate of drug-likeness (QED) is 0.570. The van der Waals surface area contributed by atoms with Gasteiger partial charge in [0.15, 0.2) is 24.7 Å². The standard InChI is InChI=1S/C21H21FN2O5/c1-2-27-18-10-5-6-11-19(18)28-15-21(26)29-14-20(25)24(13-7-12-23)17-9-4-3-8-16(17)22/h3-6,8-11H,2,7,13-15H2,1H3. The summed E-state index contributed by atoms with van der Waals surface area (Å²) < 4.78 is 29.7. The number of hydrogen-bond acceptors (Lipinski definition) is 6. The zero-order chi connectivity index (χ0) is 21.1. The van der Waals surface area contributed by atoms with Gasteiger partial charge in [0.1, 0.15) is 5.82 Å². The first-order chi connectivity index (χ1) is 14.1. The summed E-state index contributed by atoms with van der Waals surface area (Å²) in [7, 11) is 0. The molecule has 2 rings (SSSR count). The summed E-state index contributed by atoms with van der Waals surface area (Å²) in [6.45, 7) is 1.22. The van der Waals surface area contributed by atoms with Gasteiger partial charge in [-0.05, 0) is 31.2 Å². The van der Waals surface area contributed by atoms with Crippen LogP contribution in [0.1, 0.15) is 13.3 Å². The van der Waals surface area contributed by atoms with Crippen molar-refractivity contribution in [2.45, 2.75) is 13.3 Å². The average Bonchev–Trinajstić information content (AvgIpc) is 2.73. The number of hydrogen-bond donors (Lipinski definition) is 0. The van der Waals surface area contributed by atoms with Gasteiger partial charge in [0, 0.05) is 6.54 Å². The number of carbonyl (C=O) groups is 2. The first-order valence-corrected chi connectivity index (χ1v) is 8.99. The third kappa shape index (κ3) is 6.50. The Bertz CT molecular complexity index is 881. The lowest BCUT2D eigenvalue weighted by molar-refractivity contribution is -0.149. The van der Waals surface area contributed by atoms with Crippen molar-refractivity contribution in [3.8, 4) is 17.6 Å². The molecule has 0 saturated heterocycles. The van der Waals surface area contributed by atoms with Crippen LogP contribution in [-0.2, 0) is 14.3 Å². The van der Waals surface area contributed by atoms with Crippen LogP contribution in [0.3, 0.4) is 0 Å². The smallest absolute Gasteiger partial charge is 0.344 e. The fourth-order valence-corrected chi connectivity index (χ4v) is 2.45. The SMILES string of the molecule is CCOc1ccccc1OCC(=O)OCC(=O)N(CCC#N)c1ccccc1F. The summed E-state index contributed by atoms with van der Waals surface area (Å²) in [5.74, 6) is -1.16. The molecule has 0 fully saturated rings. The predicted molar refractivity (Wildman–Crippen MR) is 103 cm³/mol. The van der Waals surface area contributed by atoms with Crippen LogP contribution in [0.4, 0.5) is 10.1 Å². The molecular formula is C21H21FN2O5. The van der Waals surface area contributed by atoms with Gasteiger partial charge in [0.2, 0.25) is 0 Å². The number of halogens is 1. The number of anilines is 1. The highest BCUT2D eigenvalue weighted by molar-refractivity contribution is 5.95. The lowest BCUT2D eigenvalue weighted by Crippen LogP contribution is -2.36. The summed E-state index contributed by atoms with van der Waals surface area (Å²) in [5.41, 5.74) is 0.0192. The van der Waals surface area contributed by atoms with Crippen molar-refractivity contribution in [1.29, 1.82) is 5.26 Å². The van der Waals surface area contributed by atoms with Crippen LogP contribution in [-0.4, -0.2) is 38.2 Å². The Hall–Kier alpha value is -3.60. The van der Waals surface area contributed by atoms with E-state index in [2.05, 4.69) is 0 Å². The number of para-hydroxylation sites is 3. The van der Waals surface area contributed by atoms with Gasteiger partial charge in [-0.2, -0.15) is 5.26 Å². The van der Waals surface area contributed by atoms with E-state index in [4.69, 9.17) is 19.5 Å². The van der Waals surface area contributed by atoms with E-state index in [1.807, 2.05) is 13.0 Å². The monoisotopic (exact) mass is 400 g/mol. The number of nitrogens with zero attached hydrogens (tertiary/aromatic N) is 2. The molecule has 0 atom stereocenters.